The van der Waals surface area contributed by atoms with Crippen LogP contribution in [0, 0.1) is 5.92 Å². The van der Waals surface area contributed by atoms with Crippen LogP contribution in [0.5, 0.6) is 0 Å². The first-order chi connectivity index (χ1) is 10.1. The van der Waals surface area contributed by atoms with Crippen molar-refractivity contribution in [2.24, 2.45) is 5.92 Å². The molecule has 0 aliphatic carbocycles. The van der Waals surface area contributed by atoms with Crippen LogP contribution in [0.2, 0.25) is 0 Å². The van der Waals surface area contributed by atoms with Gasteiger partial charge < -0.3 is 5.32 Å². The molecule has 1 aromatic heterocycles. The Balaban J connectivity index is 1.97. The minimum absolute atomic E-state index is 0.143. The Morgan fingerprint density at radius 2 is 2.24 bits per heavy atom. The molecule has 114 valence electrons. The van der Waals surface area contributed by atoms with Crippen molar-refractivity contribution in [3.8, 4) is 0 Å². The standard InChI is InChI=1S/C16H21NO2S2/c1-2-8-17-15(13-7-10-21(18,19)11-13)14-5-3-4-12-6-9-20-16(12)14/h3-6,9,13,15,17H,2,7-8,10-11H2,1H3. The van der Waals surface area contributed by atoms with Gasteiger partial charge in [-0.05, 0) is 47.7 Å². The van der Waals surface area contributed by atoms with E-state index in [0.29, 0.717) is 11.5 Å². The predicted molar refractivity (Wildman–Crippen MR) is 89.6 cm³/mol. The van der Waals surface area contributed by atoms with Crippen molar-refractivity contribution in [1.29, 1.82) is 0 Å². The van der Waals surface area contributed by atoms with Crippen LogP contribution >= 0.6 is 11.3 Å². The molecule has 0 spiro atoms. The number of nitrogens with one attached hydrogen (secondary N) is 1. The average Bonchev–Trinajstić information content (AvgIpc) is 3.06. The van der Waals surface area contributed by atoms with Crippen LogP contribution in [0.1, 0.15) is 31.4 Å². The normalized spacial score (nSPS) is 22.6. The number of sulfone groups is 1. The highest BCUT2D eigenvalue weighted by molar-refractivity contribution is 7.91. The van der Waals surface area contributed by atoms with E-state index in [0.717, 1.165) is 19.4 Å². The lowest BCUT2D eigenvalue weighted by atomic mass is 9.91. The summed E-state index contributed by atoms with van der Waals surface area (Å²) in [6.45, 7) is 3.06. The maximum Gasteiger partial charge on any atom is 0.150 e. The van der Waals surface area contributed by atoms with Crippen molar-refractivity contribution < 1.29 is 8.42 Å². The Morgan fingerprint density at radius 3 is 2.95 bits per heavy atom. The largest absolute Gasteiger partial charge is 0.310 e. The second-order valence-corrected chi connectivity index (χ2v) is 8.93. The molecule has 2 heterocycles. The van der Waals surface area contributed by atoms with Crippen LogP contribution in [-0.2, 0) is 9.84 Å². The maximum atomic E-state index is 11.8. The molecule has 2 aromatic rings. The van der Waals surface area contributed by atoms with E-state index in [1.807, 2.05) is 0 Å². The third-order valence-corrected chi connectivity index (χ3v) is 6.97. The van der Waals surface area contributed by atoms with Gasteiger partial charge in [-0.25, -0.2) is 8.42 Å². The highest BCUT2D eigenvalue weighted by Crippen LogP contribution is 2.36. The molecule has 1 aliphatic heterocycles. The van der Waals surface area contributed by atoms with E-state index < -0.39 is 9.84 Å². The molecule has 3 nitrogen and oxygen atoms in total. The van der Waals surface area contributed by atoms with Gasteiger partial charge >= 0.3 is 0 Å². The number of hydrogen-bond donors (Lipinski definition) is 1. The third kappa shape index (κ3) is 3.15. The van der Waals surface area contributed by atoms with Gasteiger partial charge in [0, 0.05) is 10.7 Å². The minimum Gasteiger partial charge on any atom is -0.310 e. The molecule has 0 amide bonds. The van der Waals surface area contributed by atoms with Gasteiger partial charge in [-0.3, -0.25) is 0 Å². The molecule has 0 radical (unpaired) electrons. The molecule has 0 saturated carbocycles. The van der Waals surface area contributed by atoms with Crippen molar-refractivity contribution in [1.82, 2.24) is 5.32 Å². The summed E-state index contributed by atoms with van der Waals surface area (Å²) >= 11 is 1.74. The Kier molecular flexibility index (Phi) is 4.33. The topological polar surface area (TPSA) is 46.2 Å². The van der Waals surface area contributed by atoms with E-state index in [4.69, 9.17) is 0 Å². The molecule has 1 saturated heterocycles. The summed E-state index contributed by atoms with van der Waals surface area (Å²) in [4.78, 5) is 0. The third-order valence-electron chi connectivity index (χ3n) is 4.20. The maximum absolute atomic E-state index is 11.8. The van der Waals surface area contributed by atoms with E-state index in [1.165, 1.54) is 15.6 Å². The Bertz CT molecular complexity index is 721. The quantitative estimate of drug-likeness (QED) is 0.917. The van der Waals surface area contributed by atoms with Gasteiger partial charge in [0.05, 0.1) is 11.5 Å². The van der Waals surface area contributed by atoms with Crippen LogP contribution < -0.4 is 5.32 Å². The summed E-state index contributed by atoms with van der Waals surface area (Å²) in [5.74, 6) is 0.840. The Labute approximate surface area is 130 Å². The first kappa shape index (κ1) is 15.0. The first-order valence-corrected chi connectivity index (χ1v) is 10.2. The van der Waals surface area contributed by atoms with E-state index in [9.17, 15) is 8.42 Å². The van der Waals surface area contributed by atoms with Crippen molar-refractivity contribution >= 4 is 31.3 Å². The number of rotatable bonds is 5. The number of benzene rings is 1. The van der Waals surface area contributed by atoms with E-state index in [1.54, 1.807) is 11.3 Å². The van der Waals surface area contributed by atoms with Crippen molar-refractivity contribution in [2.75, 3.05) is 18.1 Å². The van der Waals surface area contributed by atoms with E-state index in [2.05, 4.69) is 41.9 Å². The van der Waals surface area contributed by atoms with Crippen LogP contribution in [0.15, 0.2) is 29.6 Å². The summed E-state index contributed by atoms with van der Waals surface area (Å²) in [7, 11) is -2.85. The van der Waals surface area contributed by atoms with Crippen molar-refractivity contribution in [3.63, 3.8) is 0 Å². The lowest BCUT2D eigenvalue weighted by Crippen LogP contribution is -2.29. The monoisotopic (exact) mass is 323 g/mol. The summed E-state index contributed by atoms with van der Waals surface area (Å²) in [6, 6.07) is 8.62. The summed E-state index contributed by atoms with van der Waals surface area (Å²) in [5.41, 5.74) is 1.26. The Morgan fingerprint density at radius 1 is 1.38 bits per heavy atom. The summed E-state index contributed by atoms with van der Waals surface area (Å²) in [5, 5.41) is 6.95. The van der Waals surface area contributed by atoms with Gasteiger partial charge in [-0.1, -0.05) is 25.1 Å². The van der Waals surface area contributed by atoms with Crippen LogP contribution in [0.4, 0.5) is 0 Å². The SMILES string of the molecule is CCCNC(c1cccc2ccsc12)C1CCS(=O)(=O)C1. The second-order valence-electron chi connectivity index (χ2n) is 5.78. The number of hydrogen-bond acceptors (Lipinski definition) is 4. The molecule has 2 unspecified atom stereocenters. The molecular weight excluding hydrogens is 302 g/mol. The minimum atomic E-state index is -2.85. The molecule has 3 rings (SSSR count). The summed E-state index contributed by atoms with van der Waals surface area (Å²) in [6.07, 6.45) is 1.82. The van der Waals surface area contributed by atoms with Crippen LogP contribution in [0.3, 0.4) is 0 Å². The zero-order chi connectivity index (χ0) is 14.9. The van der Waals surface area contributed by atoms with Gasteiger partial charge in [-0.15, -0.1) is 11.3 Å². The lowest BCUT2D eigenvalue weighted by molar-refractivity contribution is 0.395. The number of fused-ring (bicyclic) bond motifs is 1. The predicted octanol–water partition coefficient (Wildman–Crippen LogP) is 3.38. The second kappa shape index (κ2) is 6.07. The molecule has 1 aliphatic rings. The highest BCUT2D eigenvalue weighted by atomic mass is 32.2. The lowest BCUT2D eigenvalue weighted by Gasteiger charge is -2.25. The average molecular weight is 323 g/mol. The van der Waals surface area contributed by atoms with Crippen molar-refractivity contribution in [3.05, 3.63) is 35.2 Å². The van der Waals surface area contributed by atoms with Crippen LogP contribution in [0.25, 0.3) is 10.1 Å². The fourth-order valence-electron chi connectivity index (χ4n) is 3.18. The van der Waals surface area contributed by atoms with Gasteiger partial charge in [0.25, 0.3) is 0 Å². The van der Waals surface area contributed by atoms with Crippen LogP contribution in [-0.4, -0.2) is 26.5 Å². The van der Waals surface area contributed by atoms with Crippen molar-refractivity contribution in [2.45, 2.75) is 25.8 Å². The molecule has 1 N–H and O–H groups in total. The zero-order valence-corrected chi connectivity index (χ0v) is 13.8. The molecule has 1 fully saturated rings. The smallest absolute Gasteiger partial charge is 0.150 e. The molecule has 5 heteroatoms. The zero-order valence-electron chi connectivity index (χ0n) is 12.2. The fraction of sp³-hybridized carbons (Fsp3) is 0.500. The molecule has 0 bridgehead atoms. The van der Waals surface area contributed by atoms with Gasteiger partial charge in [0.2, 0.25) is 0 Å². The number of thiophene rings is 1. The first-order valence-electron chi connectivity index (χ1n) is 7.50. The van der Waals surface area contributed by atoms with Gasteiger partial charge in [0.1, 0.15) is 0 Å². The summed E-state index contributed by atoms with van der Waals surface area (Å²) < 4.78 is 25.0. The highest BCUT2D eigenvalue weighted by Gasteiger charge is 2.34. The van der Waals surface area contributed by atoms with Gasteiger partial charge in [-0.2, -0.15) is 0 Å². The molecule has 1 aromatic carbocycles. The molecular formula is C16H21NO2S2. The van der Waals surface area contributed by atoms with E-state index in [-0.39, 0.29) is 12.0 Å². The van der Waals surface area contributed by atoms with Gasteiger partial charge in [0.15, 0.2) is 9.84 Å². The molecule has 21 heavy (non-hydrogen) atoms. The van der Waals surface area contributed by atoms with E-state index >= 15 is 0 Å². The Hall–Kier alpha value is -0.910. The fourth-order valence-corrected chi connectivity index (χ4v) is 5.97. The molecule has 2 atom stereocenters.